The van der Waals surface area contributed by atoms with E-state index >= 15 is 0 Å². The topological polar surface area (TPSA) is 49.7 Å². The van der Waals surface area contributed by atoms with Crippen molar-refractivity contribution in [2.75, 3.05) is 6.54 Å². The van der Waals surface area contributed by atoms with Crippen LogP contribution in [0.15, 0.2) is 28.5 Å². The fourth-order valence-electron chi connectivity index (χ4n) is 6.97. The molecule has 3 heteroatoms. The van der Waals surface area contributed by atoms with Gasteiger partial charge in [-0.2, -0.15) is 4.91 Å². The van der Waals surface area contributed by atoms with Crippen LogP contribution < -0.4 is 0 Å². The first-order valence-corrected chi connectivity index (χ1v) is 9.85. The Morgan fingerprint density at radius 2 is 1.96 bits per heavy atom. The average molecular weight is 329 g/mol. The van der Waals surface area contributed by atoms with Crippen molar-refractivity contribution in [1.29, 1.82) is 0 Å². The van der Waals surface area contributed by atoms with Gasteiger partial charge in [0.1, 0.15) is 0 Å². The number of aliphatic hydroxyl groups is 1. The van der Waals surface area contributed by atoms with Gasteiger partial charge in [-0.05, 0) is 80.0 Å². The Hall–Kier alpha value is -0.960. The molecule has 4 rings (SSSR count). The predicted molar refractivity (Wildman–Crippen MR) is 96.5 cm³/mol. The smallest absolute Gasteiger partial charge is 0.0995 e. The number of nitrogens with zero attached hydrogens (tertiary/aromatic N) is 1. The molecule has 3 saturated carbocycles. The Kier molecular flexibility index (Phi) is 3.98. The van der Waals surface area contributed by atoms with Crippen LogP contribution in [0.4, 0.5) is 0 Å². The third kappa shape index (κ3) is 2.27. The van der Waals surface area contributed by atoms with Crippen molar-refractivity contribution < 1.29 is 5.11 Å². The highest BCUT2D eigenvalue weighted by Gasteiger charge is 2.56. The molecule has 24 heavy (non-hydrogen) atoms. The van der Waals surface area contributed by atoms with E-state index in [2.05, 4.69) is 31.2 Å². The molecule has 4 aliphatic carbocycles. The van der Waals surface area contributed by atoms with Crippen LogP contribution in [0.1, 0.15) is 65.2 Å². The number of fused-ring (bicyclic) bond motifs is 5. The van der Waals surface area contributed by atoms with Crippen LogP contribution in [-0.4, -0.2) is 17.8 Å². The first-order valence-electron chi connectivity index (χ1n) is 9.85. The molecule has 0 amide bonds. The van der Waals surface area contributed by atoms with E-state index in [0.717, 1.165) is 43.4 Å². The second-order valence-corrected chi connectivity index (χ2v) is 9.19. The lowest BCUT2D eigenvalue weighted by molar-refractivity contribution is -0.0268. The normalized spacial score (nSPS) is 49.1. The SMILES string of the molecule is C[C@]12CC[C@@H](O)CC1=CC[C@@H]1[C@@H]2CC[C@]2(C)/C(=C\CN=O)CC[C@@H]12. The number of aliphatic hydroxyl groups excluding tert-OH is 1. The molecule has 0 aromatic carbocycles. The van der Waals surface area contributed by atoms with Crippen LogP contribution in [0, 0.1) is 33.5 Å². The first kappa shape index (κ1) is 16.5. The Morgan fingerprint density at radius 3 is 2.75 bits per heavy atom. The van der Waals surface area contributed by atoms with Crippen molar-refractivity contribution in [3.8, 4) is 0 Å². The molecule has 0 aliphatic heterocycles. The van der Waals surface area contributed by atoms with E-state index in [1.165, 1.54) is 31.3 Å². The van der Waals surface area contributed by atoms with Gasteiger partial charge in [-0.1, -0.05) is 42.3 Å². The molecule has 6 atom stereocenters. The van der Waals surface area contributed by atoms with Crippen molar-refractivity contribution in [1.82, 2.24) is 0 Å². The van der Waals surface area contributed by atoms with Crippen molar-refractivity contribution in [3.63, 3.8) is 0 Å². The molecular weight excluding hydrogens is 298 g/mol. The summed E-state index contributed by atoms with van der Waals surface area (Å²) in [5, 5.41) is 13.1. The number of allylic oxidation sites excluding steroid dienone is 2. The summed E-state index contributed by atoms with van der Waals surface area (Å²) in [6, 6.07) is 0. The van der Waals surface area contributed by atoms with Crippen molar-refractivity contribution >= 4 is 0 Å². The van der Waals surface area contributed by atoms with Crippen LogP contribution in [0.2, 0.25) is 0 Å². The number of nitroso groups, excluding NO2 is 1. The van der Waals surface area contributed by atoms with Crippen molar-refractivity contribution in [3.05, 3.63) is 28.2 Å². The van der Waals surface area contributed by atoms with Gasteiger partial charge in [0.05, 0.1) is 12.6 Å². The molecule has 4 aliphatic rings. The largest absolute Gasteiger partial charge is 0.393 e. The molecule has 0 radical (unpaired) electrons. The van der Waals surface area contributed by atoms with Crippen molar-refractivity contribution in [2.24, 2.45) is 33.8 Å². The van der Waals surface area contributed by atoms with E-state index in [4.69, 9.17) is 0 Å². The summed E-state index contributed by atoms with van der Waals surface area (Å²) in [7, 11) is 0. The summed E-state index contributed by atoms with van der Waals surface area (Å²) < 4.78 is 0. The Balaban J connectivity index is 1.64. The maximum Gasteiger partial charge on any atom is 0.0995 e. The second kappa shape index (κ2) is 5.79. The summed E-state index contributed by atoms with van der Waals surface area (Å²) >= 11 is 0. The number of rotatable bonds is 2. The fourth-order valence-corrected chi connectivity index (χ4v) is 6.97. The first-order chi connectivity index (χ1) is 11.5. The molecule has 3 nitrogen and oxygen atoms in total. The molecule has 0 bridgehead atoms. The quantitative estimate of drug-likeness (QED) is 0.572. The average Bonchev–Trinajstić information content (AvgIpc) is 2.90. The summed E-state index contributed by atoms with van der Waals surface area (Å²) in [6.07, 6.45) is 13.7. The van der Waals surface area contributed by atoms with E-state index in [1.807, 2.05) is 0 Å². The minimum atomic E-state index is -0.119. The van der Waals surface area contributed by atoms with Crippen LogP contribution in [0.3, 0.4) is 0 Å². The lowest BCUT2D eigenvalue weighted by Gasteiger charge is -2.57. The lowest BCUT2D eigenvalue weighted by atomic mass is 9.48. The molecule has 0 heterocycles. The summed E-state index contributed by atoms with van der Waals surface area (Å²) in [4.78, 5) is 10.6. The van der Waals surface area contributed by atoms with Gasteiger partial charge in [0.25, 0.3) is 0 Å². The third-order valence-corrected chi connectivity index (χ3v) is 8.34. The second-order valence-electron chi connectivity index (χ2n) is 9.19. The molecule has 0 saturated heterocycles. The van der Waals surface area contributed by atoms with Crippen LogP contribution in [-0.2, 0) is 0 Å². The minimum absolute atomic E-state index is 0.119. The highest BCUT2D eigenvalue weighted by molar-refractivity contribution is 5.29. The fraction of sp³-hybridized carbons (Fsp3) is 0.810. The van der Waals surface area contributed by atoms with E-state index < -0.39 is 0 Å². The zero-order valence-electron chi connectivity index (χ0n) is 15.1. The Morgan fingerprint density at radius 1 is 1.21 bits per heavy atom. The highest BCUT2D eigenvalue weighted by atomic mass is 16.3. The maximum atomic E-state index is 10.6. The molecule has 3 fully saturated rings. The van der Waals surface area contributed by atoms with Gasteiger partial charge in [0.2, 0.25) is 0 Å². The van der Waals surface area contributed by atoms with E-state index in [9.17, 15) is 10.0 Å². The number of hydrogen-bond acceptors (Lipinski definition) is 3. The highest BCUT2D eigenvalue weighted by Crippen LogP contribution is 2.66. The van der Waals surface area contributed by atoms with Crippen LogP contribution in [0.5, 0.6) is 0 Å². The van der Waals surface area contributed by atoms with Gasteiger partial charge in [-0.25, -0.2) is 0 Å². The zero-order chi connectivity index (χ0) is 16.9. The lowest BCUT2D eigenvalue weighted by Crippen LogP contribution is -2.49. The van der Waals surface area contributed by atoms with Gasteiger partial charge < -0.3 is 5.11 Å². The molecule has 1 N–H and O–H groups in total. The molecule has 0 spiro atoms. The molecule has 0 unspecified atom stereocenters. The molecule has 0 aromatic rings. The Labute approximate surface area is 145 Å². The van der Waals surface area contributed by atoms with Crippen LogP contribution in [0.25, 0.3) is 0 Å². The predicted octanol–water partition coefficient (Wildman–Crippen LogP) is 5.00. The number of hydrogen-bond donors (Lipinski definition) is 1. The Bertz CT molecular complexity index is 595. The van der Waals surface area contributed by atoms with Gasteiger partial charge >= 0.3 is 0 Å². The third-order valence-electron chi connectivity index (χ3n) is 8.34. The monoisotopic (exact) mass is 329 g/mol. The van der Waals surface area contributed by atoms with E-state index in [1.54, 1.807) is 5.57 Å². The van der Waals surface area contributed by atoms with E-state index in [-0.39, 0.29) is 6.10 Å². The standard InChI is InChI=1S/C21H31NO2/c1-20-11-8-19-17(18(20)6-4-14(20)9-12-22-24)5-3-15-13-16(23)7-10-21(15,19)2/h3,9,16-19,23H,4-8,10-13H2,1-2H3/b14-9-/t16-,17+,18+,19+,20-,21+/m1/s1. The van der Waals surface area contributed by atoms with Gasteiger partial charge in [-0.3, -0.25) is 0 Å². The van der Waals surface area contributed by atoms with E-state index in [0.29, 0.717) is 17.4 Å². The van der Waals surface area contributed by atoms with Gasteiger partial charge in [-0.15, -0.1) is 0 Å². The van der Waals surface area contributed by atoms with Gasteiger partial charge in [0.15, 0.2) is 0 Å². The zero-order valence-corrected chi connectivity index (χ0v) is 15.1. The minimum Gasteiger partial charge on any atom is -0.393 e. The summed E-state index contributed by atoms with van der Waals surface area (Å²) in [5.74, 6) is 2.32. The van der Waals surface area contributed by atoms with Crippen LogP contribution >= 0.6 is 0 Å². The summed E-state index contributed by atoms with van der Waals surface area (Å²) in [5.41, 5.74) is 3.66. The van der Waals surface area contributed by atoms with Crippen molar-refractivity contribution in [2.45, 2.75) is 71.3 Å². The summed E-state index contributed by atoms with van der Waals surface area (Å²) in [6.45, 7) is 5.27. The molecule has 0 aromatic heterocycles. The molecular formula is C21H31NO2. The maximum absolute atomic E-state index is 10.6. The molecule has 132 valence electrons. The van der Waals surface area contributed by atoms with Gasteiger partial charge in [0, 0.05) is 0 Å².